The number of carbonyl (C=O) groups is 1. The molecule has 2 aliphatic rings. The number of hydrogen-bond acceptors (Lipinski definition) is 6. The molecule has 0 unspecified atom stereocenters. The van der Waals surface area contributed by atoms with Crippen LogP contribution in [0, 0.1) is 0 Å². The summed E-state index contributed by atoms with van der Waals surface area (Å²) in [6, 6.07) is 0. The number of ether oxygens (including phenoxy) is 2. The maximum Gasteiger partial charge on any atom is 0.356 e. The largest absolute Gasteiger partial charge is 0.495 e. The number of rotatable bonds is 2. The molecular formula is C11H11Br2NO5. The molecule has 0 radical (unpaired) electrons. The first-order chi connectivity index (χ1) is 8.95. The predicted octanol–water partition coefficient (Wildman–Crippen LogP) is 1.58. The number of aliphatic hydroxyl groups excluding tert-OH is 1. The summed E-state index contributed by atoms with van der Waals surface area (Å²) in [5, 5.41) is 14.0. The molecule has 0 amide bonds. The van der Waals surface area contributed by atoms with E-state index in [-0.39, 0.29) is 12.1 Å². The van der Waals surface area contributed by atoms with Crippen molar-refractivity contribution in [3.05, 3.63) is 20.8 Å². The first-order valence-electron chi connectivity index (χ1n) is 5.29. The van der Waals surface area contributed by atoms with E-state index in [1.807, 2.05) is 0 Å². The number of nitrogens with zero attached hydrogens (tertiary/aromatic N) is 1. The van der Waals surface area contributed by atoms with Crippen LogP contribution in [0.15, 0.2) is 26.0 Å². The monoisotopic (exact) mass is 395 g/mol. The summed E-state index contributed by atoms with van der Waals surface area (Å²) in [5.74, 6) is -0.112. The zero-order chi connectivity index (χ0) is 14.2. The first kappa shape index (κ1) is 14.5. The van der Waals surface area contributed by atoms with Crippen LogP contribution in [0.3, 0.4) is 0 Å². The fraction of sp³-hybridized carbons (Fsp3) is 0.455. The van der Waals surface area contributed by atoms with Crippen molar-refractivity contribution in [2.45, 2.75) is 18.1 Å². The molecule has 8 heteroatoms. The zero-order valence-corrected chi connectivity index (χ0v) is 13.3. The third-order valence-electron chi connectivity index (χ3n) is 2.90. The van der Waals surface area contributed by atoms with Gasteiger partial charge in [0.05, 0.1) is 23.2 Å². The lowest BCUT2D eigenvalue weighted by Gasteiger charge is -2.33. The molecule has 0 bridgehead atoms. The molecule has 0 saturated heterocycles. The first-order valence-corrected chi connectivity index (χ1v) is 6.87. The molecule has 0 aromatic heterocycles. The van der Waals surface area contributed by atoms with Crippen molar-refractivity contribution >= 4 is 43.5 Å². The van der Waals surface area contributed by atoms with Crippen LogP contribution in [-0.2, 0) is 19.1 Å². The second kappa shape index (κ2) is 5.26. The Bertz CT molecular complexity index is 513. The summed E-state index contributed by atoms with van der Waals surface area (Å²) in [5.41, 5.74) is -1.01. The molecule has 2 atom stereocenters. The van der Waals surface area contributed by atoms with Crippen LogP contribution in [0.4, 0.5) is 0 Å². The van der Waals surface area contributed by atoms with Gasteiger partial charge in [-0.2, -0.15) is 0 Å². The fourth-order valence-electron chi connectivity index (χ4n) is 1.92. The third kappa shape index (κ3) is 2.32. The van der Waals surface area contributed by atoms with E-state index in [9.17, 15) is 9.90 Å². The maximum absolute atomic E-state index is 11.4. The van der Waals surface area contributed by atoms with Crippen molar-refractivity contribution in [1.29, 1.82) is 0 Å². The lowest BCUT2D eigenvalue weighted by atomic mass is 9.87. The van der Waals surface area contributed by atoms with Crippen molar-refractivity contribution in [2.24, 2.45) is 5.16 Å². The number of esters is 1. The SMILES string of the molecule is COC(=O)C1=NO[C@@]2(C=C(Br)C(OC)=C(Br)[C@@H]2O)C1. The van der Waals surface area contributed by atoms with E-state index in [4.69, 9.17) is 9.57 Å². The highest BCUT2D eigenvalue weighted by atomic mass is 79.9. The van der Waals surface area contributed by atoms with Gasteiger partial charge in [0.2, 0.25) is 0 Å². The Hall–Kier alpha value is -0.860. The smallest absolute Gasteiger partial charge is 0.356 e. The molecule has 2 rings (SSSR count). The Labute approximate surface area is 126 Å². The molecular weight excluding hydrogens is 386 g/mol. The molecule has 1 spiro atoms. The second-order valence-electron chi connectivity index (χ2n) is 4.03. The summed E-state index contributed by atoms with van der Waals surface area (Å²) in [7, 11) is 2.75. The Balaban J connectivity index is 2.31. The van der Waals surface area contributed by atoms with E-state index in [1.165, 1.54) is 14.2 Å². The number of allylic oxidation sites excluding steroid dienone is 1. The maximum atomic E-state index is 11.4. The van der Waals surface area contributed by atoms with Gasteiger partial charge in [0, 0.05) is 6.42 Å². The minimum absolute atomic E-state index is 0.113. The molecule has 1 N–H and O–H groups in total. The normalized spacial score (nSPS) is 29.8. The molecule has 0 aromatic carbocycles. The summed E-state index contributed by atoms with van der Waals surface area (Å²) < 4.78 is 10.8. The van der Waals surface area contributed by atoms with Gasteiger partial charge in [-0.3, -0.25) is 0 Å². The summed E-state index contributed by atoms with van der Waals surface area (Å²) in [4.78, 5) is 16.7. The Morgan fingerprint density at radius 3 is 2.84 bits per heavy atom. The van der Waals surface area contributed by atoms with Crippen LogP contribution in [0.5, 0.6) is 0 Å². The van der Waals surface area contributed by atoms with Crippen molar-refractivity contribution in [3.63, 3.8) is 0 Å². The average molecular weight is 397 g/mol. The highest BCUT2D eigenvalue weighted by Crippen LogP contribution is 2.43. The van der Waals surface area contributed by atoms with Gasteiger partial charge in [-0.05, 0) is 37.9 Å². The molecule has 0 fully saturated rings. The van der Waals surface area contributed by atoms with Crippen LogP contribution in [0.1, 0.15) is 6.42 Å². The Morgan fingerprint density at radius 2 is 2.26 bits per heavy atom. The molecule has 0 aromatic rings. The Kier molecular flexibility index (Phi) is 4.03. The molecule has 1 aliphatic carbocycles. The summed E-state index contributed by atoms with van der Waals surface area (Å²) >= 11 is 6.60. The number of oxime groups is 1. The van der Waals surface area contributed by atoms with E-state index >= 15 is 0 Å². The second-order valence-corrected chi connectivity index (χ2v) is 5.74. The van der Waals surface area contributed by atoms with Gasteiger partial charge in [0.15, 0.2) is 11.3 Å². The van der Waals surface area contributed by atoms with Crippen LogP contribution in [0.25, 0.3) is 0 Å². The molecule has 1 aliphatic heterocycles. The van der Waals surface area contributed by atoms with E-state index in [0.29, 0.717) is 14.7 Å². The number of aliphatic hydroxyl groups is 1. The minimum atomic E-state index is -1.14. The number of hydrogen-bond donors (Lipinski definition) is 1. The Morgan fingerprint density at radius 1 is 1.58 bits per heavy atom. The van der Waals surface area contributed by atoms with Crippen molar-refractivity contribution in [3.8, 4) is 0 Å². The third-order valence-corrected chi connectivity index (χ3v) is 4.29. The topological polar surface area (TPSA) is 77.4 Å². The van der Waals surface area contributed by atoms with E-state index in [1.54, 1.807) is 6.08 Å². The minimum Gasteiger partial charge on any atom is -0.495 e. The number of halogens is 2. The van der Waals surface area contributed by atoms with Crippen LogP contribution in [0.2, 0.25) is 0 Å². The van der Waals surface area contributed by atoms with Crippen LogP contribution in [-0.4, -0.2) is 42.7 Å². The molecule has 19 heavy (non-hydrogen) atoms. The van der Waals surface area contributed by atoms with Gasteiger partial charge in [-0.1, -0.05) is 5.16 Å². The molecule has 104 valence electrons. The lowest BCUT2D eigenvalue weighted by molar-refractivity contribution is -0.132. The predicted molar refractivity (Wildman–Crippen MR) is 73.9 cm³/mol. The quantitative estimate of drug-likeness (QED) is 0.717. The van der Waals surface area contributed by atoms with Crippen molar-refractivity contribution in [2.75, 3.05) is 14.2 Å². The van der Waals surface area contributed by atoms with Crippen molar-refractivity contribution in [1.82, 2.24) is 0 Å². The lowest BCUT2D eigenvalue weighted by Crippen LogP contribution is -2.44. The van der Waals surface area contributed by atoms with Crippen LogP contribution >= 0.6 is 31.9 Å². The van der Waals surface area contributed by atoms with E-state index in [2.05, 4.69) is 41.8 Å². The van der Waals surface area contributed by atoms with Gasteiger partial charge in [-0.25, -0.2) is 4.79 Å². The molecule has 6 nitrogen and oxygen atoms in total. The zero-order valence-electron chi connectivity index (χ0n) is 10.1. The standard InChI is InChI=1S/C11H11Br2NO5/c1-17-8-5(12)3-11(9(15)7(8)13)4-6(14-19-11)10(16)18-2/h3,9,15H,4H2,1-2H3/t9-,11-/m0/s1. The highest BCUT2D eigenvalue weighted by molar-refractivity contribution is 9.12. The van der Waals surface area contributed by atoms with Gasteiger partial charge in [0.25, 0.3) is 0 Å². The number of methoxy groups -OCH3 is 2. The molecule has 1 heterocycles. The highest BCUT2D eigenvalue weighted by Gasteiger charge is 2.50. The van der Waals surface area contributed by atoms with Crippen molar-refractivity contribution < 1.29 is 24.2 Å². The summed E-state index contributed by atoms with van der Waals surface area (Å²) in [6.45, 7) is 0. The van der Waals surface area contributed by atoms with Crippen LogP contribution < -0.4 is 0 Å². The van der Waals surface area contributed by atoms with Gasteiger partial charge >= 0.3 is 5.97 Å². The fourth-order valence-corrected chi connectivity index (χ4v) is 3.72. The van der Waals surface area contributed by atoms with Gasteiger partial charge in [0.1, 0.15) is 11.9 Å². The van der Waals surface area contributed by atoms with E-state index in [0.717, 1.165) is 0 Å². The average Bonchev–Trinajstić information content (AvgIpc) is 2.81. The number of carbonyl (C=O) groups excluding carboxylic acids is 1. The van der Waals surface area contributed by atoms with E-state index < -0.39 is 17.7 Å². The molecule has 0 saturated carbocycles. The summed E-state index contributed by atoms with van der Waals surface area (Å²) in [6.07, 6.45) is 0.706. The van der Waals surface area contributed by atoms with Gasteiger partial charge in [-0.15, -0.1) is 0 Å². The van der Waals surface area contributed by atoms with Gasteiger partial charge < -0.3 is 19.4 Å².